The number of fused-ring (bicyclic) bond motifs is 1. The highest BCUT2D eigenvalue weighted by Gasteiger charge is 2.31. The van der Waals surface area contributed by atoms with Gasteiger partial charge in [0.15, 0.2) is 0 Å². The van der Waals surface area contributed by atoms with Crippen molar-refractivity contribution in [1.29, 1.82) is 0 Å². The van der Waals surface area contributed by atoms with Crippen LogP contribution in [0, 0.1) is 6.92 Å². The molecule has 7 nitrogen and oxygen atoms in total. The number of hydrogen-bond donors (Lipinski definition) is 2. The summed E-state index contributed by atoms with van der Waals surface area (Å²) in [6.45, 7) is 1.62. The van der Waals surface area contributed by atoms with Gasteiger partial charge in [0.25, 0.3) is 11.8 Å². The van der Waals surface area contributed by atoms with Crippen molar-refractivity contribution in [3.8, 4) is 0 Å². The van der Waals surface area contributed by atoms with Crippen LogP contribution in [0.25, 0.3) is 11.0 Å². The van der Waals surface area contributed by atoms with Crippen molar-refractivity contribution in [3.63, 3.8) is 0 Å². The van der Waals surface area contributed by atoms with Crippen LogP contribution < -0.4 is 10.6 Å². The Kier molecular flexibility index (Phi) is 5.19. The number of alkyl halides is 3. The number of anilines is 2. The first-order valence-electron chi connectivity index (χ1n) is 8.84. The first-order chi connectivity index (χ1) is 14.7. The highest BCUT2D eigenvalue weighted by Crippen LogP contribution is 2.33. The molecule has 0 bridgehead atoms. The Hall–Kier alpha value is -3.73. The largest absolute Gasteiger partial charge is 0.449 e. The zero-order valence-electron chi connectivity index (χ0n) is 15.8. The second kappa shape index (κ2) is 7.84. The molecule has 2 aromatic carbocycles. The van der Waals surface area contributed by atoms with Crippen LogP contribution in [-0.2, 0) is 6.18 Å². The van der Waals surface area contributed by atoms with Gasteiger partial charge in [-0.05, 0) is 48.8 Å². The molecule has 0 aliphatic heterocycles. The number of amides is 2. The van der Waals surface area contributed by atoms with Gasteiger partial charge in [-0.1, -0.05) is 22.7 Å². The van der Waals surface area contributed by atoms with Crippen molar-refractivity contribution >= 4 is 45.7 Å². The fourth-order valence-electron chi connectivity index (χ4n) is 2.90. The molecule has 11 heteroatoms. The van der Waals surface area contributed by atoms with Crippen LogP contribution in [0.1, 0.15) is 31.5 Å². The molecule has 0 saturated carbocycles. The molecule has 31 heavy (non-hydrogen) atoms. The summed E-state index contributed by atoms with van der Waals surface area (Å²) in [5, 5.41) is 9.26. The Labute approximate surface area is 177 Å². The minimum absolute atomic E-state index is 0.0694. The maximum absolute atomic E-state index is 13.0. The molecule has 0 unspecified atom stereocenters. The Morgan fingerprint density at radius 3 is 2.52 bits per heavy atom. The minimum atomic E-state index is -4.56. The number of benzene rings is 2. The van der Waals surface area contributed by atoms with Crippen molar-refractivity contribution in [3.05, 3.63) is 70.4 Å². The SMILES string of the molecule is Cc1nnsc1C(=O)Nc1c(C(=O)Nc2cccc(C(F)(F)F)c2)oc2ccccc12. The van der Waals surface area contributed by atoms with Crippen LogP contribution in [0.3, 0.4) is 0 Å². The Bertz CT molecular complexity index is 1300. The van der Waals surface area contributed by atoms with Gasteiger partial charge >= 0.3 is 6.18 Å². The van der Waals surface area contributed by atoms with Crippen molar-refractivity contribution in [2.75, 3.05) is 10.6 Å². The standard InChI is InChI=1S/C20H13F3N4O3S/c1-10-17(31-27-26-10)19(29)25-15-13-7-2-3-8-14(13)30-16(15)18(28)24-12-6-4-5-11(9-12)20(21,22)23/h2-9H,1H3,(H,24,28)(H,25,29). The lowest BCUT2D eigenvalue weighted by Gasteiger charge is -2.10. The van der Waals surface area contributed by atoms with E-state index in [9.17, 15) is 22.8 Å². The second-order valence-corrected chi connectivity index (χ2v) is 7.23. The third-order valence-corrected chi connectivity index (χ3v) is 5.17. The van der Waals surface area contributed by atoms with E-state index < -0.39 is 23.6 Å². The Morgan fingerprint density at radius 2 is 1.81 bits per heavy atom. The van der Waals surface area contributed by atoms with Gasteiger partial charge in [-0.15, -0.1) is 5.10 Å². The smallest absolute Gasteiger partial charge is 0.416 e. The van der Waals surface area contributed by atoms with Gasteiger partial charge < -0.3 is 15.1 Å². The molecule has 4 rings (SSSR count). The summed E-state index contributed by atoms with van der Waals surface area (Å²) in [5.74, 6) is -1.60. The summed E-state index contributed by atoms with van der Waals surface area (Å²) < 4.78 is 48.2. The average Bonchev–Trinajstić information content (AvgIpc) is 3.31. The quantitative estimate of drug-likeness (QED) is 0.454. The molecule has 2 heterocycles. The van der Waals surface area contributed by atoms with Crippen LogP contribution in [0.4, 0.5) is 24.5 Å². The molecule has 2 amide bonds. The van der Waals surface area contributed by atoms with Gasteiger partial charge in [-0.3, -0.25) is 9.59 Å². The van der Waals surface area contributed by atoms with Crippen molar-refractivity contribution < 1.29 is 27.2 Å². The maximum Gasteiger partial charge on any atom is 0.416 e. The van der Waals surface area contributed by atoms with Crippen molar-refractivity contribution in [2.24, 2.45) is 0 Å². The number of nitrogens with one attached hydrogen (secondary N) is 2. The first-order valence-corrected chi connectivity index (χ1v) is 9.62. The number of hydrogen-bond acceptors (Lipinski definition) is 6. The first kappa shape index (κ1) is 20.5. The van der Waals surface area contributed by atoms with Crippen LogP contribution in [0.2, 0.25) is 0 Å². The molecular weight excluding hydrogens is 433 g/mol. The average molecular weight is 446 g/mol. The number of aryl methyl sites for hydroxylation is 1. The van der Waals surface area contributed by atoms with E-state index in [-0.39, 0.29) is 22.0 Å². The van der Waals surface area contributed by atoms with E-state index in [1.165, 1.54) is 12.1 Å². The van der Waals surface area contributed by atoms with E-state index in [0.29, 0.717) is 16.7 Å². The van der Waals surface area contributed by atoms with E-state index in [1.807, 2.05) is 0 Å². The molecule has 2 N–H and O–H groups in total. The van der Waals surface area contributed by atoms with Crippen molar-refractivity contribution in [1.82, 2.24) is 9.59 Å². The molecular formula is C20H13F3N4O3S. The number of halogens is 3. The molecule has 0 radical (unpaired) electrons. The van der Waals surface area contributed by atoms with Crippen LogP contribution in [-0.4, -0.2) is 21.4 Å². The number of aromatic nitrogens is 2. The van der Waals surface area contributed by atoms with Crippen LogP contribution in [0.5, 0.6) is 0 Å². The van der Waals surface area contributed by atoms with Crippen LogP contribution >= 0.6 is 11.5 Å². The highest BCUT2D eigenvalue weighted by molar-refractivity contribution is 7.08. The highest BCUT2D eigenvalue weighted by atomic mass is 32.1. The van der Waals surface area contributed by atoms with Gasteiger partial charge in [0.1, 0.15) is 16.1 Å². The third kappa shape index (κ3) is 4.12. The molecule has 4 aromatic rings. The van der Waals surface area contributed by atoms with E-state index in [1.54, 1.807) is 31.2 Å². The number of rotatable bonds is 4. The van der Waals surface area contributed by atoms with Gasteiger partial charge in [0.2, 0.25) is 5.76 Å². The summed E-state index contributed by atoms with van der Waals surface area (Å²) in [6.07, 6.45) is -4.56. The summed E-state index contributed by atoms with van der Waals surface area (Å²) in [6, 6.07) is 10.8. The van der Waals surface area contributed by atoms with Gasteiger partial charge in [-0.2, -0.15) is 13.2 Å². The Balaban J connectivity index is 1.69. The topological polar surface area (TPSA) is 97.1 Å². The predicted molar refractivity (Wildman–Crippen MR) is 108 cm³/mol. The number of carbonyl (C=O) groups is 2. The summed E-state index contributed by atoms with van der Waals surface area (Å²) in [7, 11) is 0. The summed E-state index contributed by atoms with van der Waals surface area (Å²) in [4.78, 5) is 25.7. The minimum Gasteiger partial charge on any atom is -0.449 e. The molecule has 0 aliphatic carbocycles. The summed E-state index contributed by atoms with van der Waals surface area (Å²) in [5.41, 5.74) is -0.133. The molecule has 0 atom stereocenters. The molecule has 158 valence electrons. The fourth-order valence-corrected chi connectivity index (χ4v) is 3.45. The fraction of sp³-hybridized carbons (Fsp3) is 0.100. The zero-order chi connectivity index (χ0) is 22.2. The lowest BCUT2D eigenvalue weighted by molar-refractivity contribution is -0.137. The zero-order valence-corrected chi connectivity index (χ0v) is 16.6. The summed E-state index contributed by atoms with van der Waals surface area (Å²) >= 11 is 0.895. The Morgan fingerprint density at radius 1 is 1.03 bits per heavy atom. The van der Waals surface area contributed by atoms with Crippen LogP contribution in [0.15, 0.2) is 52.9 Å². The number of furan rings is 1. The van der Waals surface area contributed by atoms with E-state index in [2.05, 4.69) is 20.2 Å². The lowest BCUT2D eigenvalue weighted by atomic mass is 10.2. The van der Waals surface area contributed by atoms with Gasteiger partial charge in [0.05, 0.1) is 11.3 Å². The molecule has 0 fully saturated rings. The van der Waals surface area contributed by atoms with Gasteiger partial charge in [-0.25, -0.2) is 0 Å². The van der Waals surface area contributed by atoms with Crippen molar-refractivity contribution in [2.45, 2.75) is 13.1 Å². The normalized spacial score (nSPS) is 11.5. The van der Waals surface area contributed by atoms with E-state index in [4.69, 9.17) is 4.42 Å². The molecule has 0 spiro atoms. The molecule has 0 saturated heterocycles. The number of nitrogens with zero attached hydrogens (tertiary/aromatic N) is 2. The number of carbonyl (C=O) groups excluding carboxylic acids is 2. The monoisotopic (exact) mass is 446 g/mol. The van der Waals surface area contributed by atoms with Gasteiger partial charge in [0, 0.05) is 11.1 Å². The lowest BCUT2D eigenvalue weighted by Crippen LogP contribution is -2.17. The number of para-hydroxylation sites is 1. The molecule has 2 aromatic heterocycles. The second-order valence-electron chi connectivity index (χ2n) is 6.48. The third-order valence-electron chi connectivity index (χ3n) is 4.35. The van der Waals surface area contributed by atoms with E-state index >= 15 is 0 Å². The maximum atomic E-state index is 13.0. The predicted octanol–water partition coefficient (Wildman–Crippen LogP) is 5.12. The molecule has 0 aliphatic rings. The van der Waals surface area contributed by atoms with E-state index in [0.717, 1.165) is 23.7 Å².